The highest BCUT2D eigenvalue weighted by atomic mass is 16.5. The third-order valence-corrected chi connectivity index (χ3v) is 5.10. The lowest BCUT2D eigenvalue weighted by Crippen LogP contribution is -2.47. The normalized spacial score (nSPS) is 15.6. The molecule has 0 saturated carbocycles. The Balaban J connectivity index is 1.59. The molecule has 1 aromatic carbocycles. The Labute approximate surface area is 181 Å². The number of amides is 2. The van der Waals surface area contributed by atoms with E-state index in [4.69, 9.17) is 13.9 Å². The van der Waals surface area contributed by atoms with Crippen LogP contribution in [-0.2, 0) is 11.2 Å². The van der Waals surface area contributed by atoms with E-state index in [0.29, 0.717) is 47.8 Å². The van der Waals surface area contributed by atoms with E-state index in [0.717, 1.165) is 0 Å². The van der Waals surface area contributed by atoms with Gasteiger partial charge in [-0.2, -0.15) is 0 Å². The van der Waals surface area contributed by atoms with Crippen LogP contribution in [0.5, 0.6) is 11.5 Å². The predicted molar refractivity (Wildman–Crippen MR) is 113 cm³/mol. The third-order valence-electron chi connectivity index (χ3n) is 5.10. The molecule has 2 aromatic rings. The summed E-state index contributed by atoms with van der Waals surface area (Å²) in [4.78, 5) is 37.3. The number of ketones is 1. The van der Waals surface area contributed by atoms with E-state index in [-0.39, 0.29) is 17.0 Å². The minimum Gasteiger partial charge on any atom is -0.494 e. The first kappa shape index (κ1) is 22.4. The second kappa shape index (κ2) is 8.83. The van der Waals surface area contributed by atoms with Gasteiger partial charge in [0.25, 0.3) is 5.91 Å². The van der Waals surface area contributed by atoms with Gasteiger partial charge in [0, 0.05) is 18.4 Å². The van der Waals surface area contributed by atoms with Crippen molar-refractivity contribution >= 4 is 17.6 Å². The fraction of sp³-hybridized carbons (Fsp3) is 0.435. The molecule has 0 aliphatic heterocycles. The fourth-order valence-electron chi connectivity index (χ4n) is 3.61. The number of Topliss-reactive ketones (excluding diaryl/α,β-unsaturated/α-hetero) is 1. The molecule has 3 rings (SSSR count). The van der Waals surface area contributed by atoms with Crippen LogP contribution in [0.4, 0.5) is 0 Å². The SMILES string of the molecule is CCOc1ccc(O[C@H](C)C(=O)NNC(=O)c2oc3c(c2C)C(=O)CC(C)(C)C3)cc1. The molecule has 166 valence electrons. The highest BCUT2D eigenvalue weighted by Gasteiger charge is 2.37. The quantitative estimate of drug-likeness (QED) is 0.683. The molecule has 0 bridgehead atoms. The molecular formula is C23H28N2O6. The zero-order valence-electron chi connectivity index (χ0n) is 18.5. The average Bonchev–Trinajstić information content (AvgIpc) is 3.02. The molecule has 0 fully saturated rings. The number of fused-ring (bicyclic) bond motifs is 1. The van der Waals surface area contributed by atoms with E-state index in [1.165, 1.54) is 0 Å². The van der Waals surface area contributed by atoms with E-state index in [9.17, 15) is 14.4 Å². The van der Waals surface area contributed by atoms with Gasteiger partial charge < -0.3 is 13.9 Å². The number of hydrazine groups is 1. The minimum atomic E-state index is -0.855. The molecule has 0 spiro atoms. The van der Waals surface area contributed by atoms with E-state index >= 15 is 0 Å². The van der Waals surface area contributed by atoms with Gasteiger partial charge in [0.15, 0.2) is 17.6 Å². The molecule has 1 aromatic heterocycles. The molecule has 31 heavy (non-hydrogen) atoms. The minimum absolute atomic E-state index is 0.0245. The first-order valence-corrected chi connectivity index (χ1v) is 10.3. The summed E-state index contributed by atoms with van der Waals surface area (Å²) in [5.74, 6) is 0.546. The maximum Gasteiger partial charge on any atom is 0.305 e. The highest BCUT2D eigenvalue weighted by molar-refractivity contribution is 6.04. The topological polar surface area (TPSA) is 107 Å². The molecule has 0 saturated heterocycles. The van der Waals surface area contributed by atoms with Crippen LogP contribution in [0.3, 0.4) is 0 Å². The smallest absolute Gasteiger partial charge is 0.305 e. The molecular weight excluding hydrogens is 400 g/mol. The number of hydrogen-bond acceptors (Lipinski definition) is 6. The number of hydrogen-bond donors (Lipinski definition) is 2. The Kier molecular flexibility index (Phi) is 6.38. The van der Waals surface area contributed by atoms with Crippen LogP contribution in [-0.4, -0.2) is 30.3 Å². The third kappa shape index (κ3) is 5.07. The Hall–Kier alpha value is -3.29. The summed E-state index contributed by atoms with van der Waals surface area (Å²) < 4.78 is 16.6. The Bertz CT molecular complexity index is 990. The van der Waals surface area contributed by atoms with E-state index in [1.54, 1.807) is 38.1 Å². The van der Waals surface area contributed by atoms with Gasteiger partial charge in [0.2, 0.25) is 0 Å². The summed E-state index contributed by atoms with van der Waals surface area (Å²) >= 11 is 0. The van der Waals surface area contributed by atoms with Crippen molar-refractivity contribution < 1.29 is 28.3 Å². The standard InChI is InChI=1S/C23H28N2O6/c1-6-29-15-7-9-16(10-8-15)30-14(3)21(27)24-25-22(28)20-13(2)19-17(26)11-23(4,5)12-18(19)31-20/h7-10,14H,6,11-12H2,1-5H3,(H,24,27)(H,25,28)/t14-/m1/s1. The lowest BCUT2D eigenvalue weighted by molar-refractivity contribution is -0.128. The molecule has 1 aliphatic rings. The van der Waals surface area contributed by atoms with Gasteiger partial charge >= 0.3 is 5.91 Å². The van der Waals surface area contributed by atoms with Crippen LogP contribution in [0, 0.1) is 12.3 Å². The lowest BCUT2D eigenvalue weighted by atomic mass is 9.76. The number of benzene rings is 1. The molecule has 8 nitrogen and oxygen atoms in total. The summed E-state index contributed by atoms with van der Waals surface area (Å²) in [6.07, 6.45) is 0.117. The van der Waals surface area contributed by atoms with Crippen molar-refractivity contribution in [3.05, 3.63) is 46.9 Å². The van der Waals surface area contributed by atoms with Crippen molar-refractivity contribution in [3.63, 3.8) is 0 Å². The summed E-state index contributed by atoms with van der Waals surface area (Å²) in [7, 11) is 0. The first-order valence-electron chi connectivity index (χ1n) is 10.3. The highest BCUT2D eigenvalue weighted by Crippen LogP contribution is 2.38. The number of rotatable bonds is 6. The van der Waals surface area contributed by atoms with Gasteiger partial charge in [0.05, 0.1) is 12.2 Å². The molecule has 0 unspecified atom stereocenters. The molecule has 1 heterocycles. The van der Waals surface area contributed by atoms with Crippen LogP contribution in [0.2, 0.25) is 0 Å². The summed E-state index contributed by atoms with van der Waals surface area (Å²) in [5, 5.41) is 0. The number of furan rings is 1. The van der Waals surface area contributed by atoms with E-state index < -0.39 is 17.9 Å². The number of carbonyl (C=O) groups is 3. The Morgan fingerprint density at radius 2 is 1.77 bits per heavy atom. The van der Waals surface area contributed by atoms with Crippen LogP contribution in [0.15, 0.2) is 28.7 Å². The maximum absolute atomic E-state index is 12.6. The van der Waals surface area contributed by atoms with Crippen molar-refractivity contribution in [1.29, 1.82) is 0 Å². The molecule has 2 amide bonds. The fourth-order valence-corrected chi connectivity index (χ4v) is 3.61. The molecule has 0 radical (unpaired) electrons. The van der Waals surface area contributed by atoms with E-state index in [1.807, 2.05) is 20.8 Å². The summed E-state index contributed by atoms with van der Waals surface area (Å²) in [6.45, 7) is 9.66. The molecule has 1 atom stereocenters. The van der Waals surface area contributed by atoms with Crippen molar-refractivity contribution in [1.82, 2.24) is 10.9 Å². The number of carbonyl (C=O) groups excluding carboxylic acids is 3. The number of ether oxygens (including phenoxy) is 2. The zero-order chi connectivity index (χ0) is 22.8. The van der Waals surface area contributed by atoms with Gasteiger partial charge in [-0.1, -0.05) is 13.8 Å². The van der Waals surface area contributed by atoms with Crippen LogP contribution >= 0.6 is 0 Å². The molecule has 1 aliphatic carbocycles. The predicted octanol–water partition coefficient (Wildman–Crippen LogP) is 3.37. The largest absolute Gasteiger partial charge is 0.494 e. The van der Waals surface area contributed by atoms with Gasteiger partial charge in [-0.3, -0.25) is 25.2 Å². The number of nitrogens with one attached hydrogen (secondary N) is 2. The van der Waals surface area contributed by atoms with Crippen LogP contribution in [0.1, 0.15) is 66.4 Å². The summed E-state index contributed by atoms with van der Waals surface area (Å²) in [5.41, 5.74) is 5.41. The molecule has 8 heteroatoms. The maximum atomic E-state index is 12.6. The second-order valence-electron chi connectivity index (χ2n) is 8.40. The summed E-state index contributed by atoms with van der Waals surface area (Å²) in [6, 6.07) is 6.88. The Morgan fingerprint density at radius 1 is 1.13 bits per heavy atom. The molecule has 2 N–H and O–H groups in total. The lowest BCUT2D eigenvalue weighted by Gasteiger charge is -2.27. The van der Waals surface area contributed by atoms with Crippen molar-refractivity contribution in [2.45, 2.75) is 53.6 Å². The Morgan fingerprint density at radius 3 is 2.42 bits per heavy atom. The zero-order valence-corrected chi connectivity index (χ0v) is 18.5. The van der Waals surface area contributed by atoms with Crippen LogP contribution in [0.25, 0.3) is 0 Å². The van der Waals surface area contributed by atoms with Crippen molar-refractivity contribution in [3.8, 4) is 11.5 Å². The van der Waals surface area contributed by atoms with Gasteiger partial charge in [0.1, 0.15) is 17.3 Å². The van der Waals surface area contributed by atoms with Gasteiger partial charge in [-0.05, 0) is 50.5 Å². The van der Waals surface area contributed by atoms with Gasteiger partial charge in [-0.15, -0.1) is 0 Å². The average molecular weight is 428 g/mol. The van der Waals surface area contributed by atoms with Crippen LogP contribution < -0.4 is 20.3 Å². The second-order valence-corrected chi connectivity index (χ2v) is 8.40. The first-order chi connectivity index (χ1) is 14.6. The monoisotopic (exact) mass is 428 g/mol. The van der Waals surface area contributed by atoms with Gasteiger partial charge in [-0.25, -0.2) is 0 Å². The van der Waals surface area contributed by atoms with Crippen molar-refractivity contribution in [2.75, 3.05) is 6.61 Å². The van der Waals surface area contributed by atoms with Crippen molar-refractivity contribution in [2.24, 2.45) is 5.41 Å². The van der Waals surface area contributed by atoms with E-state index in [2.05, 4.69) is 10.9 Å².